The zero-order chi connectivity index (χ0) is 20.6. The SMILES string of the molecule is CN=C(NCCN1CCN(C(=O)OC(C)(C)C)CC1)N(C)CCOCC1CC1. The smallest absolute Gasteiger partial charge is 0.410 e. The van der Waals surface area contributed by atoms with Crippen LogP contribution in [0, 0.1) is 5.92 Å². The lowest BCUT2D eigenvalue weighted by molar-refractivity contribution is 0.0147. The number of nitrogens with one attached hydrogen (secondary N) is 1. The van der Waals surface area contributed by atoms with Crippen LogP contribution in [0.15, 0.2) is 4.99 Å². The van der Waals surface area contributed by atoms with Gasteiger partial charge in [-0.3, -0.25) is 9.89 Å². The predicted molar refractivity (Wildman–Crippen MR) is 112 cm³/mol. The molecule has 1 amide bonds. The summed E-state index contributed by atoms with van der Waals surface area (Å²) < 4.78 is 11.2. The number of nitrogens with zero attached hydrogens (tertiary/aromatic N) is 4. The molecule has 1 heterocycles. The summed E-state index contributed by atoms with van der Waals surface area (Å²) in [5, 5.41) is 3.42. The Labute approximate surface area is 170 Å². The molecule has 0 aromatic heterocycles. The van der Waals surface area contributed by atoms with Crippen LogP contribution in [-0.4, -0.2) is 105 Å². The summed E-state index contributed by atoms with van der Waals surface area (Å²) in [6.45, 7) is 13.1. The van der Waals surface area contributed by atoms with E-state index in [1.165, 1.54) is 12.8 Å². The highest BCUT2D eigenvalue weighted by Gasteiger charge is 2.25. The van der Waals surface area contributed by atoms with Gasteiger partial charge in [0.05, 0.1) is 6.61 Å². The van der Waals surface area contributed by atoms with E-state index in [-0.39, 0.29) is 6.09 Å². The van der Waals surface area contributed by atoms with E-state index >= 15 is 0 Å². The zero-order valence-corrected chi connectivity index (χ0v) is 18.4. The van der Waals surface area contributed by atoms with Crippen molar-refractivity contribution in [3.05, 3.63) is 0 Å². The van der Waals surface area contributed by atoms with E-state index in [0.29, 0.717) is 13.1 Å². The quantitative estimate of drug-likeness (QED) is 0.380. The van der Waals surface area contributed by atoms with Gasteiger partial charge >= 0.3 is 6.09 Å². The van der Waals surface area contributed by atoms with Crippen molar-refractivity contribution >= 4 is 12.1 Å². The second-order valence-corrected chi connectivity index (χ2v) is 8.72. The number of piperazine rings is 1. The van der Waals surface area contributed by atoms with Gasteiger partial charge in [-0.1, -0.05) is 0 Å². The van der Waals surface area contributed by atoms with E-state index in [0.717, 1.165) is 57.8 Å². The maximum atomic E-state index is 12.1. The van der Waals surface area contributed by atoms with Crippen molar-refractivity contribution in [3.8, 4) is 0 Å². The molecule has 162 valence electrons. The minimum absolute atomic E-state index is 0.212. The second-order valence-electron chi connectivity index (χ2n) is 8.72. The fraction of sp³-hybridized carbons (Fsp3) is 0.900. The van der Waals surface area contributed by atoms with E-state index in [1.807, 2.05) is 34.9 Å². The summed E-state index contributed by atoms with van der Waals surface area (Å²) >= 11 is 0. The summed E-state index contributed by atoms with van der Waals surface area (Å²) in [5.74, 6) is 1.70. The van der Waals surface area contributed by atoms with Crippen molar-refractivity contribution in [2.45, 2.75) is 39.2 Å². The second kappa shape index (κ2) is 10.9. The first-order valence-electron chi connectivity index (χ1n) is 10.5. The van der Waals surface area contributed by atoms with Crippen molar-refractivity contribution in [1.29, 1.82) is 0 Å². The fourth-order valence-corrected chi connectivity index (χ4v) is 3.03. The highest BCUT2D eigenvalue weighted by molar-refractivity contribution is 5.79. The van der Waals surface area contributed by atoms with E-state index in [1.54, 1.807) is 4.90 Å². The molecule has 1 aliphatic heterocycles. The minimum Gasteiger partial charge on any atom is -0.444 e. The summed E-state index contributed by atoms with van der Waals surface area (Å²) in [4.78, 5) is 22.7. The molecule has 0 atom stereocenters. The Morgan fingerprint density at radius 2 is 1.89 bits per heavy atom. The largest absolute Gasteiger partial charge is 0.444 e. The first-order valence-corrected chi connectivity index (χ1v) is 10.5. The lowest BCUT2D eigenvalue weighted by Gasteiger charge is -2.35. The summed E-state index contributed by atoms with van der Waals surface area (Å²) in [6.07, 6.45) is 2.44. The molecule has 8 nitrogen and oxygen atoms in total. The molecule has 2 rings (SSSR count). The van der Waals surface area contributed by atoms with Crippen LogP contribution in [0.3, 0.4) is 0 Å². The van der Waals surface area contributed by atoms with Crippen molar-refractivity contribution in [1.82, 2.24) is 20.0 Å². The van der Waals surface area contributed by atoms with Crippen LogP contribution in [0.2, 0.25) is 0 Å². The van der Waals surface area contributed by atoms with Gasteiger partial charge in [0.2, 0.25) is 0 Å². The molecule has 0 aromatic carbocycles. The summed E-state index contributed by atoms with van der Waals surface area (Å²) in [5.41, 5.74) is -0.441. The van der Waals surface area contributed by atoms with Gasteiger partial charge in [-0.05, 0) is 39.5 Å². The number of hydrogen-bond acceptors (Lipinski definition) is 5. The van der Waals surface area contributed by atoms with E-state index in [4.69, 9.17) is 9.47 Å². The number of likely N-dealkylation sites (N-methyl/N-ethyl adjacent to an activating group) is 1. The zero-order valence-electron chi connectivity index (χ0n) is 18.4. The first kappa shape index (κ1) is 22.7. The molecule has 1 saturated heterocycles. The van der Waals surface area contributed by atoms with Crippen LogP contribution < -0.4 is 5.32 Å². The number of hydrogen-bond donors (Lipinski definition) is 1. The molecule has 0 unspecified atom stereocenters. The molecule has 0 radical (unpaired) electrons. The minimum atomic E-state index is -0.441. The number of guanidine groups is 1. The van der Waals surface area contributed by atoms with Crippen LogP contribution >= 0.6 is 0 Å². The topological polar surface area (TPSA) is 69.6 Å². The Morgan fingerprint density at radius 3 is 2.46 bits per heavy atom. The van der Waals surface area contributed by atoms with Crippen molar-refractivity contribution < 1.29 is 14.3 Å². The monoisotopic (exact) mass is 397 g/mol. The number of rotatable bonds is 8. The lowest BCUT2D eigenvalue weighted by Crippen LogP contribution is -2.51. The van der Waals surface area contributed by atoms with Crippen LogP contribution in [0.25, 0.3) is 0 Å². The molecular weight excluding hydrogens is 358 g/mol. The third kappa shape index (κ3) is 8.65. The molecule has 1 N–H and O–H groups in total. The Bertz CT molecular complexity index is 508. The summed E-state index contributed by atoms with van der Waals surface area (Å²) in [6, 6.07) is 0. The predicted octanol–water partition coefficient (Wildman–Crippen LogP) is 1.47. The molecule has 2 aliphatic rings. The van der Waals surface area contributed by atoms with Gasteiger partial charge in [0.15, 0.2) is 5.96 Å². The third-order valence-electron chi connectivity index (χ3n) is 4.93. The normalized spacial score (nSPS) is 18.9. The number of amides is 1. The van der Waals surface area contributed by atoms with Gasteiger partial charge in [-0.2, -0.15) is 0 Å². The number of ether oxygens (including phenoxy) is 2. The maximum absolute atomic E-state index is 12.1. The van der Waals surface area contributed by atoms with Gasteiger partial charge in [0.1, 0.15) is 5.60 Å². The number of aliphatic imine (C=N–C) groups is 1. The maximum Gasteiger partial charge on any atom is 0.410 e. The highest BCUT2D eigenvalue weighted by Crippen LogP contribution is 2.28. The first-order chi connectivity index (χ1) is 13.3. The average molecular weight is 398 g/mol. The summed E-state index contributed by atoms with van der Waals surface area (Å²) in [7, 11) is 3.85. The Hall–Kier alpha value is -1.54. The van der Waals surface area contributed by atoms with Crippen molar-refractivity contribution in [2.75, 3.05) is 73.1 Å². The van der Waals surface area contributed by atoms with Gasteiger partial charge < -0.3 is 24.6 Å². The molecule has 0 aromatic rings. The van der Waals surface area contributed by atoms with Gasteiger partial charge in [0, 0.05) is 66.5 Å². The van der Waals surface area contributed by atoms with Crippen LogP contribution in [0.5, 0.6) is 0 Å². The Balaban J connectivity index is 1.58. The van der Waals surface area contributed by atoms with E-state index < -0.39 is 5.60 Å². The Kier molecular flexibility index (Phi) is 8.82. The number of carbonyl (C=O) groups excluding carboxylic acids is 1. The van der Waals surface area contributed by atoms with Crippen molar-refractivity contribution in [2.24, 2.45) is 10.9 Å². The molecule has 0 spiro atoms. The standard InChI is InChI=1S/C20H39N5O3/c1-20(2,3)28-19(26)25-12-10-24(11-13-25)9-8-22-18(21-4)23(5)14-15-27-16-17-6-7-17/h17H,6-16H2,1-5H3,(H,21,22). The molecule has 1 aliphatic carbocycles. The third-order valence-corrected chi connectivity index (χ3v) is 4.93. The molecule has 0 bridgehead atoms. The highest BCUT2D eigenvalue weighted by atomic mass is 16.6. The fourth-order valence-electron chi connectivity index (χ4n) is 3.03. The molecule has 8 heteroatoms. The molecular formula is C20H39N5O3. The van der Waals surface area contributed by atoms with Crippen LogP contribution in [0.1, 0.15) is 33.6 Å². The number of carbonyl (C=O) groups is 1. The van der Waals surface area contributed by atoms with Crippen molar-refractivity contribution in [3.63, 3.8) is 0 Å². The van der Waals surface area contributed by atoms with Gasteiger partial charge in [0.25, 0.3) is 0 Å². The van der Waals surface area contributed by atoms with Crippen LogP contribution in [0.4, 0.5) is 4.79 Å². The van der Waals surface area contributed by atoms with E-state index in [2.05, 4.69) is 20.1 Å². The van der Waals surface area contributed by atoms with Crippen LogP contribution in [-0.2, 0) is 9.47 Å². The molecule has 2 fully saturated rings. The lowest BCUT2D eigenvalue weighted by atomic mass is 10.2. The van der Waals surface area contributed by atoms with Gasteiger partial charge in [-0.15, -0.1) is 0 Å². The molecule has 1 saturated carbocycles. The van der Waals surface area contributed by atoms with E-state index in [9.17, 15) is 4.79 Å². The Morgan fingerprint density at radius 1 is 1.21 bits per heavy atom. The van der Waals surface area contributed by atoms with Gasteiger partial charge in [-0.25, -0.2) is 4.79 Å². The molecule has 28 heavy (non-hydrogen) atoms. The average Bonchev–Trinajstić information content (AvgIpc) is 3.45.